The van der Waals surface area contributed by atoms with Crippen LogP contribution in [0.25, 0.3) is 0 Å². The smallest absolute Gasteiger partial charge is 0.213 e. The van der Waals surface area contributed by atoms with Gasteiger partial charge in [-0.1, -0.05) is 12.1 Å². The van der Waals surface area contributed by atoms with E-state index in [-0.39, 0.29) is 0 Å². The van der Waals surface area contributed by atoms with Gasteiger partial charge in [0, 0.05) is 6.04 Å². The summed E-state index contributed by atoms with van der Waals surface area (Å²) in [5.41, 5.74) is 0. The molecule has 0 aromatic carbocycles. The van der Waals surface area contributed by atoms with Crippen LogP contribution in [0.2, 0.25) is 0 Å². The summed E-state index contributed by atoms with van der Waals surface area (Å²) in [5.74, 6) is 1.63. The van der Waals surface area contributed by atoms with Crippen molar-refractivity contribution in [3.63, 3.8) is 0 Å². The van der Waals surface area contributed by atoms with Crippen LogP contribution in [0.3, 0.4) is 0 Å². The first-order valence-electron chi connectivity index (χ1n) is 4.33. The zero-order valence-corrected chi connectivity index (χ0v) is 7.16. The van der Waals surface area contributed by atoms with E-state index in [9.17, 15) is 0 Å². The molecule has 1 heterocycles. The number of rotatable bonds is 3. The molecule has 1 fully saturated rings. The van der Waals surface area contributed by atoms with E-state index in [4.69, 9.17) is 0 Å². The van der Waals surface area contributed by atoms with E-state index in [2.05, 4.69) is 26.9 Å². The molecule has 0 spiro atoms. The summed E-state index contributed by atoms with van der Waals surface area (Å²) in [6.45, 7) is 3.00. The summed E-state index contributed by atoms with van der Waals surface area (Å²) < 4.78 is 4.62. The Kier molecular flexibility index (Phi) is 2.08. The lowest BCUT2D eigenvalue weighted by Gasteiger charge is -2.33. The number of aromatic nitrogens is 2. The predicted molar refractivity (Wildman–Crippen MR) is 43.3 cm³/mol. The highest BCUT2D eigenvalue weighted by Crippen LogP contribution is 2.26. The third-order valence-electron chi connectivity index (χ3n) is 2.33. The molecule has 1 aromatic rings. The van der Waals surface area contributed by atoms with Crippen molar-refractivity contribution in [2.24, 2.45) is 5.92 Å². The second-order valence-electron chi connectivity index (χ2n) is 3.50. The normalized spacial score (nSPS) is 28.4. The molecule has 4 heteroatoms. The Labute approximate surface area is 71.4 Å². The minimum Gasteiger partial charge on any atom is -0.343 e. The lowest BCUT2D eigenvalue weighted by Crippen LogP contribution is -2.39. The quantitative estimate of drug-likeness (QED) is 0.728. The summed E-state index contributed by atoms with van der Waals surface area (Å²) >= 11 is 0. The van der Waals surface area contributed by atoms with E-state index in [0.717, 1.165) is 18.3 Å². The van der Waals surface area contributed by atoms with Gasteiger partial charge in [0.05, 0.1) is 6.54 Å². The van der Waals surface area contributed by atoms with Gasteiger partial charge in [0.1, 0.15) is 0 Å². The van der Waals surface area contributed by atoms with Crippen LogP contribution in [-0.4, -0.2) is 16.2 Å². The van der Waals surface area contributed by atoms with Crippen LogP contribution < -0.4 is 5.32 Å². The highest BCUT2D eigenvalue weighted by Gasteiger charge is 2.24. The topological polar surface area (TPSA) is 51.0 Å². The maximum atomic E-state index is 4.62. The highest BCUT2D eigenvalue weighted by molar-refractivity contribution is 4.85. The lowest BCUT2D eigenvalue weighted by molar-refractivity contribution is 0.238. The molecule has 0 saturated heterocycles. The Morgan fingerprint density at radius 1 is 1.67 bits per heavy atom. The van der Waals surface area contributed by atoms with Crippen LogP contribution in [-0.2, 0) is 6.54 Å². The SMILES string of the molecule is CC1CC(NCc2ncon2)C1. The van der Waals surface area contributed by atoms with Crippen LogP contribution in [0.15, 0.2) is 10.9 Å². The fourth-order valence-corrected chi connectivity index (χ4v) is 1.57. The van der Waals surface area contributed by atoms with E-state index in [1.54, 1.807) is 0 Å². The van der Waals surface area contributed by atoms with Crippen molar-refractivity contribution in [1.82, 2.24) is 15.5 Å². The first-order valence-corrected chi connectivity index (χ1v) is 4.33. The first-order chi connectivity index (χ1) is 5.84. The maximum Gasteiger partial charge on any atom is 0.213 e. The number of hydrogen-bond donors (Lipinski definition) is 1. The number of hydrogen-bond acceptors (Lipinski definition) is 4. The molecule has 0 aliphatic heterocycles. The number of nitrogens with zero attached hydrogens (tertiary/aromatic N) is 2. The van der Waals surface area contributed by atoms with Crippen molar-refractivity contribution in [2.75, 3.05) is 0 Å². The molecule has 0 unspecified atom stereocenters. The standard InChI is InChI=1S/C8H13N3O/c1-6-2-7(3-6)9-4-8-10-5-12-11-8/h5-7,9H,2-4H2,1H3. The van der Waals surface area contributed by atoms with Gasteiger partial charge < -0.3 is 9.84 Å². The van der Waals surface area contributed by atoms with Crippen LogP contribution in [0.5, 0.6) is 0 Å². The summed E-state index contributed by atoms with van der Waals surface area (Å²) in [7, 11) is 0. The molecule has 0 bridgehead atoms. The molecule has 12 heavy (non-hydrogen) atoms. The molecular weight excluding hydrogens is 154 g/mol. The second-order valence-corrected chi connectivity index (χ2v) is 3.50. The Hall–Kier alpha value is -0.900. The van der Waals surface area contributed by atoms with Crippen molar-refractivity contribution in [2.45, 2.75) is 32.4 Å². The molecule has 1 aromatic heterocycles. The molecule has 0 radical (unpaired) electrons. The van der Waals surface area contributed by atoms with Gasteiger partial charge in [0.15, 0.2) is 5.82 Å². The summed E-state index contributed by atoms with van der Waals surface area (Å²) in [5, 5.41) is 7.08. The van der Waals surface area contributed by atoms with Crippen LogP contribution >= 0.6 is 0 Å². The fourth-order valence-electron chi connectivity index (χ4n) is 1.57. The summed E-state index contributed by atoms with van der Waals surface area (Å²) in [6, 6.07) is 0.665. The van der Waals surface area contributed by atoms with Crippen LogP contribution in [0.1, 0.15) is 25.6 Å². The largest absolute Gasteiger partial charge is 0.343 e. The van der Waals surface area contributed by atoms with Crippen LogP contribution in [0, 0.1) is 5.92 Å². The van der Waals surface area contributed by atoms with Gasteiger partial charge >= 0.3 is 0 Å². The van der Waals surface area contributed by atoms with Gasteiger partial charge in [0.25, 0.3) is 0 Å². The molecule has 0 atom stereocenters. The third-order valence-corrected chi connectivity index (χ3v) is 2.33. The average molecular weight is 167 g/mol. The maximum absolute atomic E-state index is 4.62. The molecule has 1 aliphatic rings. The van der Waals surface area contributed by atoms with Crippen molar-refractivity contribution >= 4 is 0 Å². The zero-order valence-electron chi connectivity index (χ0n) is 7.16. The van der Waals surface area contributed by atoms with Crippen molar-refractivity contribution < 1.29 is 4.52 Å². The molecule has 4 nitrogen and oxygen atoms in total. The molecule has 1 aliphatic carbocycles. The van der Waals surface area contributed by atoms with Crippen molar-refractivity contribution in [3.05, 3.63) is 12.2 Å². The Morgan fingerprint density at radius 3 is 3.08 bits per heavy atom. The Balaban J connectivity index is 1.70. The van der Waals surface area contributed by atoms with E-state index in [1.165, 1.54) is 19.2 Å². The van der Waals surface area contributed by atoms with E-state index in [1.807, 2.05) is 0 Å². The van der Waals surface area contributed by atoms with Gasteiger partial charge in [-0.15, -0.1) is 0 Å². The van der Waals surface area contributed by atoms with Gasteiger partial charge in [-0.05, 0) is 18.8 Å². The van der Waals surface area contributed by atoms with E-state index in [0.29, 0.717) is 6.04 Å². The fraction of sp³-hybridized carbons (Fsp3) is 0.750. The summed E-state index contributed by atoms with van der Waals surface area (Å²) in [4.78, 5) is 3.93. The predicted octanol–water partition coefficient (Wildman–Crippen LogP) is 0.958. The minimum absolute atomic E-state index is 0.665. The molecule has 1 saturated carbocycles. The Morgan fingerprint density at radius 2 is 2.50 bits per heavy atom. The molecule has 1 N–H and O–H groups in total. The minimum atomic E-state index is 0.665. The van der Waals surface area contributed by atoms with Crippen molar-refractivity contribution in [3.8, 4) is 0 Å². The third kappa shape index (κ3) is 1.64. The average Bonchev–Trinajstić information content (AvgIpc) is 2.47. The van der Waals surface area contributed by atoms with Gasteiger partial charge in [-0.3, -0.25) is 0 Å². The molecule has 66 valence electrons. The van der Waals surface area contributed by atoms with E-state index < -0.39 is 0 Å². The summed E-state index contributed by atoms with van der Waals surface area (Å²) in [6.07, 6.45) is 3.91. The lowest BCUT2D eigenvalue weighted by atomic mass is 9.82. The highest BCUT2D eigenvalue weighted by atomic mass is 16.5. The Bertz CT molecular complexity index is 228. The second kappa shape index (κ2) is 3.23. The zero-order chi connectivity index (χ0) is 8.39. The van der Waals surface area contributed by atoms with E-state index >= 15 is 0 Å². The van der Waals surface area contributed by atoms with Gasteiger partial charge in [-0.2, -0.15) is 4.98 Å². The van der Waals surface area contributed by atoms with Crippen LogP contribution in [0.4, 0.5) is 0 Å². The molecular formula is C8H13N3O. The van der Waals surface area contributed by atoms with Gasteiger partial charge in [0.2, 0.25) is 6.39 Å². The van der Waals surface area contributed by atoms with Crippen molar-refractivity contribution in [1.29, 1.82) is 0 Å². The monoisotopic (exact) mass is 167 g/mol. The van der Waals surface area contributed by atoms with Gasteiger partial charge in [-0.25, -0.2) is 0 Å². The first kappa shape index (κ1) is 7.73. The molecule has 0 amide bonds. The molecule has 2 rings (SSSR count). The number of nitrogens with one attached hydrogen (secondary N) is 1.